The zero-order valence-corrected chi connectivity index (χ0v) is 10.9. The van der Waals surface area contributed by atoms with E-state index in [2.05, 4.69) is 14.3 Å². The zero-order chi connectivity index (χ0) is 14.6. The van der Waals surface area contributed by atoms with Crippen LogP contribution in [-0.4, -0.2) is 75.3 Å². The lowest BCUT2D eigenvalue weighted by Crippen LogP contribution is -2.31. The van der Waals surface area contributed by atoms with Gasteiger partial charge < -0.3 is 29.2 Å². The van der Waals surface area contributed by atoms with Gasteiger partial charge in [-0.2, -0.15) is 4.79 Å². The smallest absolute Gasteiger partial charge is 0.454 e. The molecule has 0 amide bonds. The van der Waals surface area contributed by atoms with Gasteiger partial charge >= 0.3 is 17.7 Å². The summed E-state index contributed by atoms with van der Waals surface area (Å²) in [5, 5.41) is 0. The van der Waals surface area contributed by atoms with Gasteiger partial charge in [-0.3, -0.25) is 0 Å². The maximum Gasteiger partial charge on any atom is 0.482 e. The molecule has 9 nitrogen and oxygen atoms in total. The largest absolute Gasteiger partial charge is 0.482 e. The summed E-state index contributed by atoms with van der Waals surface area (Å²) in [5.41, 5.74) is 7.81. The summed E-state index contributed by atoms with van der Waals surface area (Å²) < 4.78 is 24.8. The summed E-state index contributed by atoms with van der Waals surface area (Å²) >= 11 is 0. The van der Waals surface area contributed by atoms with E-state index in [1.807, 2.05) is 0 Å². The third-order valence-corrected chi connectivity index (χ3v) is 2.15. The zero-order valence-electron chi connectivity index (χ0n) is 10.9. The predicted octanol–water partition coefficient (Wildman–Crippen LogP) is -1.19. The molecule has 1 saturated heterocycles. The molecule has 0 spiro atoms. The van der Waals surface area contributed by atoms with Gasteiger partial charge in [0.25, 0.3) is 0 Å². The average molecular weight is 288 g/mol. The normalized spacial score (nSPS) is 20.7. The van der Waals surface area contributed by atoms with E-state index in [4.69, 9.17) is 19.7 Å². The number of rotatable bonds is 0. The summed E-state index contributed by atoms with van der Waals surface area (Å²) in [6.45, 7) is 1.62. The fourth-order valence-electron chi connectivity index (χ4n) is 1.23. The van der Waals surface area contributed by atoms with E-state index in [0.717, 1.165) is 0 Å². The van der Waals surface area contributed by atoms with Crippen molar-refractivity contribution in [2.24, 2.45) is 0 Å². The molecule has 1 fully saturated rings. The van der Waals surface area contributed by atoms with Crippen LogP contribution in [0, 0.1) is 0 Å². The van der Waals surface area contributed by atoms with Crippen LogP contribution in [0.15, 0.2) is 0 Å². The number of ether oxygens (including phenoxy) is 5. The molecule has 0 bridgehead atoms. The lowest BCUT2D eigenvalue weighted by molar-refractivity contribution is -0.151. The van der Waals surface area contributed by atoms with Crippen molar-refractivity contribution in [1.29, 1.82) is 0 Å². The Labute approximate surface area is 115 Å². The van der Waals surface area contributed by atoms with Gasteiger partial charge in [0.15, 0.2) is 0 Å². The van der Waals surface area contributed by atoms with Gasteiger partial charge in [0.2, 0.25) is 0 Å². The topological polar surface area (TPSA) is 117 Å². The highest BCUT2D eigenvalue weighted by atomic mass is 16.6. The SMILES string of the molecule is [N-]=[N+]=C1C(=O)OCCOCCOCCOCCOC1=O. The average Bonchev–Trinajstić information content (AvgIpc) is 2.43. The Morgan fingerprint density at radius 2 is 1.05 bits per heavy atom. The number of carbonyl (C=O) groups is 2. The molecule has 0 aromatic heterocycles. The summed E-state index contributed by atoms with van der Waals surface area (Å²) in [4.78, 5) is 25.4. The second kappa shape index (κ2) is 10.0. The van der Waals surface area contributed by atoms with Crippen molar-refractivity contribution in [3.05, 3.63) is 5.53 Å². The van der Waals surface area contributed by atoms with Gasteiger partial charge in [0.05, 0.1) is 39.6 Å². The van der Waals surface area contributed by atoms with Crippen LogP contribution in [0.5, 0.6) is 0 Å². The molecule has 0 unspecified atom stereocenters. The van der Waals surface area contributed by atoms with Gasteiger partial charge in [-0.15, -0.1) is 0 Å². The molecular weight excluding hydrogens is 272 g/mol. The first-order valence-corrected chi connectivity index (χ1v) is 6.05. The van der Waals surface area contributed by atoms with E-state index in [1.165, 1.54) is 0 Å². The fraction of sp³-hybridized carbons (Fsp3) is 0.727. The number of carbonyl (C=O) groups excluding carboxylic acids is 2. The van der Waals surface area contributed by atoms with E-state index in [9.17, 15) is 9.59 Å². The highest BCUT2D eigenvalue weighted by molar-refractivity contribution is 6.60. The van der Waals surface area contributed by atoms with Crippen LogP contribution in [0.1, 0.15) is 0 Å². The van der Waals surface area contributed by atoms with Gasteiger partial charge in [-0.25, -0.2) is 9.59 Å². The Balaban J connectivity index is 2.49. The van der Waals surface area contributed by atoms with Crippen molar-refractivity contribution in [2.45, 2.75) is 0 Å². The Bertz CT molecular complexity index is 351. The van der Waals surface area contributed by atoms with E-state index >= 15 is 0 Å². The monoisotopic (exact) mass is 288 g/mol. The Hall–Kier alpha value is -1.80. The number of esters is 2. The van der Waals surface area contributed by atoms with Crippen LogP contribution in [0.3, 0.4) is 0 Å². The molecule has 0 saturated carbocycles. The second-order valence-corrected chi connectivity index (χ2v) is 3.56. The number of hydrogen-bond donors (Lipinski definition) is 0. The molecule has 0 atom stereocenters. The van der Waals surface area contributed by atoms with Gasteiger partial charge in [0.1, 0.15) is 13.2 Å². The molecule has 1 aliphatic rings. The highest BCUT2D eigenvalue weighted by Gasteiger charge is 2.33. The second-order valence-electron chi connectivity index (χ2n) is 3.56. The molecule has 0 aromatic rings. The minimum Gasteiger partial charge on any atom is -0.454 e. The molecule has 0 aliphatic carbocycles. The molecule has 0 aromatic carbocycles. The molecule has 1 rings (SSSR count). The maximum atomic E-state index is 11.4. The minimum atomic E-state index is -1.08. The number of cyclic esters (lactones) is 2. The third-order valence-electron chi connectivity index (χ3n) is 2.15. The molecule has 1 aliphatic heterocycles. The van der Waals surface area contributed by atoms with Crippen molar-refractivity contribution in [2.75, 3.05) is 52.9 Å². The lowest BCUT2D eigenvalue weighted by atomic mass is 10.4. The third kappa shape index (κ3) is 6.39. The van der Waals surface area contributed by atoms with Crippen LogP contribution in [-0.2, 0) is 33.3 Å². The van der Waals surface area contributed by atoms with Crippen molar-refractivity contribution in [1.82, 2.24) is 0 Å². The van der Waals surface area contributed by atoms with Gasteiger partial charge in [-0.1, -0.05) is 0 Å². The van der Waals surface area contributed by atoms with Crippen molar-refractivity contribution in [3.63, 3.8) is 0 Å². The van der Waals surface area contributed by atoms with Crippen LogP contribution < -0.4 is 0 Å². The standard InChI is InChI=1S/C11H16N2O7/c12-13-9-10(14)19-7-5-17-3-1-16-2-4-18-6-8-20-11(9)15/h1-8H2. The van der Waals surface area contributed by atoms with Crippen LogP contribution >= 0.6 is 0 Å². The van der Waals surface area contributed by atoms with Crippen LogP contribution in [0.4, 0.5) is 0 Å². The predicted molar refractivity (Wildman–Crippen MR) is 63.0 cm³/mol. The van der Waals surface area contributed by atoms with Gasteiger partial charge in [-0.05, 0) is 0 Å². The summed E-state index contributed by atoms with van der Waals surface area (Å²) in [6, 6.07) is 0. The molecule has 1 heterocycles. The van der Waals surface area contributed by atoms with Crippen molar-refractivity contribution in [3.8, 4) is 0 Å². The van der Waals surface area contributed by atoms with Crippen LogP contribution in [0.2, 0.25) is 0 Å². The molecule has 112 valence electrons. The van der Waals surface area contributed by atoms with Gasteiger partial charge in [0, 0.05) is 0 Å². The molecule has 20 heavy (non-hydrogen) atoms. The number of nitrogens with zero attached hydrogens (tertiary/aromatic N) is 2. The Morgan fingerprint density at radius 1 is 0.700 bits per heavy atom. The number of hydrogen-bond acceptors (Lipinski definition) is 7. The molecular formula is C11H16N2O7. The lowest BCUT2D eigenvalue weighted by Gasteiger charge is -2.08. The van der Waals surface area contributed by atoms with E-state index in [1.54, 1.807) is 0 Å². The first-order chi connectivity index (χ1) is 9.75. The summed E-state index contributed by atoms with van der Waals surface area (Å²) in [7, 11) is 0. The minimum absolute atomic E-state index is 0.0752. The van der Waals surface area contributed by atoms with E-state index < -0.39 is 17.7 Å². The van der Waals surface area contributed by atoms with Crippen LogP contribution in [0.25, 0.3) is 5.53 Å². The van der Waals surface area contributed by atoms with E-state index in [-0.39, 0.29) is 26.4 Å². The van der Waals surface area contributed by atoms with Crippen molar-refractivity contribution < 1.29 is 38.1 Å². The fourth-order valence-corrected chi connectivity index (χ4v) is 1.23. The van der Waals surface area contributed by atoms with E-state index in [0.29, 0.717) is 26.4 Å². The molecule has 9 heteroatoms. The first-order valence-electron chi connectivity index (χ1n) is 6.05. The highest BCUT2D eigenvalue weighted by Crippen LogP contribution is 1.90. The summed E-state index contributed by atoms with van der Waals surface area (Å²) in [5.74, 6) is -2.16. The van der Waals surface area contributed by atoms with Crippen molar-refractivity contribution >= 4 is 17.7 Å². The Kier molecular flexibility index (Phi) is 8.16. The molecule has 0 N–H and O–H groups in total. The quantitative estimate of drug-likeness (QED) is 0.312. The Morgan fingerprint density at radius 3 is 1.40 bits per heavy atom. The summed E-state index contributed by atoms with van der Waals surface area (Å²) in [6.07, 6.45) is 0. The first kappa shape index (κ1) is 16.3. The molecule has 0 radical (unpaired) electrons. The maximum absolute atomic E-state index is 11.4.